The first-order valence-corrected chi connectivity index (χ1v) is 11.5. The number of ether oxygens (including phenoxy) is 1. The molecule has 0 radical (unpaired) electrons. The first-order valence-electron chi connectivity index (χ1n) is 11.5. The van der Waals surface area contributed by atoms with Crippen molar-refractivity contribution in [3.05, 3.63) is 64.7 Å². The molecule has 1 atom stereocenters. The quantitative estimate of drug-likeness (QED) is 0.697. The van der Waals surface area contributed by atoms with E-state index in [0.717, 1.165) is 55.3 Å². The summed E-state index contributed by atoms with van der Waals surface area (Å²) >= 11 is 0. The summed E-state index contributed by atoms with van der Waals surface area (Å²) in [5.41, 5.74) is 5.62. The minimum atomic E-state index is -0.0963. The van der Waals surface area contributed by atoms with Crippen LogP contribution in [0.5, 0.6) is 5.75 Å². The number of hydrogen-bond donors (Lipinski definition) is 0. The summed E-state index contributed by atoms with van der Waals surface area (Å²) in [5, 5.41) is 6.60. The molecule has 1 fully saturated rings. The number of hydrogen-bond acceptors (Lipinski definition) is 5. The Labute approximate surface area is 191 Å². The van der Waals surface area contributed by atoms with Gasteiger partial charge in [0.15, 0.2) is 0 Å². The van der Waals surface area contributed by atoms with Gasteiger partial charge in [-0.1, -0.05) is 42.8 Å². The molecule has 2 aliphatic rings. The summed E-state index contributed by atoms with van der Waals surface area (Å²) in [6.07, 6.45) is 0.714. The standard InChI is InChI=1S/C26H34N4O2/c1-5-28-12-14-29(15-13-28)18-26(31)30-25(21-7-9-22(32-4)10-8-21)17-24(27-30)23-11-6-19(2)16-20(23)3/h6-11,16,25H,5,12-15,17-18H2,1-4H3. The molecule has 0 aromatic heterocycles. The van der Waals surface area contributed by atoms with Gasteiger partial charge < -0.3 is 9.64 Å². The summed E-state index contributed by atoms with van der Waals surface area (Å²) in [5.74, 6) is 0.879. The molecule has 32 heavy (non-hydrogen) atoms. The van der Waals surface area contributed by atoms with Gasteiger partial charge in [-0.2, -0.15) is 5.10 Å². The zero-order valence-corrected chi connectivity index (χ0v) is 19.7. The average Bonchev–Trinajstić information content (AvgIpc) is 3.25. The fraction of sp³-hybridized carbons (Fsp3) is 0.462. The average molecular weight is 435 g/mol. The van der Waals surface area contributed by atoms with Crippen molar-refractivity contribution < 1.29 is 9.53 Å². The van der Waals surface area contributed by atoms with E-state index in [1.165, 1.54) is 11.1 Å². The highest BCUT2D eigenvalue weighted by Crippen LogP contribution is 2.34. The topological polar surface area (TPSA) is 48.4 Å². The minimum absolute atomic E-state index is 0.0653. The lowest BCUT2D eigenvalue weighted by Gasteiger charge is -2.34. The highest BCUT2D eigenvalue weighted by molar-refractivity contribution is 6.04. The number of aryl methyl sites for hydroxylation is 2. The minimum Gasteiger partial charge on any atom is -0.497 e. The van der Waals surface area contributed by atoms with E-state index < -0.39 is 0 Å². The van der Waals surface area contributed by atoms with Gasteiger partial charge in [0.25, 0.3) is 5.91 Å². The molecular formula is C26H34N4O2. The van der Waals surface area contributed by atoms with Crippen LogP contribution in [0.2, 0.25) is 0 Å². The number of carbonyl (C=O) groups excluding carboxylic acids is 1. The molecule has 4 rings (SSSR count). The van der Waals surface area contributed by atoms with E-state index in [4.69, 9.17) is 9.84 Å². The Kier molecular flexibility index (Phi) is 6.92. The van der Waals surface area contributed by atoms with Gasteiger partial charge in [0.1, 0.15) is 5.75 Å². The Morgan fingerprint density at radius 1 is 1.03 bits per heavy atom. The third-order valence-electron chi connectivity index (χ3n) is 6.63. The molecule has 0 spiro atoms. The van der Waals surface area contributed by atoms with Crippen LogP contribution in [0.25, 0.3) is 0 Å². The van der Waals surface area contributed by atoms with Crippen molar-refractivity contribution in [3.63, 3.8) is 0 Å². The third-order valence-corrected chi connectivity index (χ3v) is 6.63. The van der Waals surface area contributed by atoms with Gasteiger partial charge in [-0.3, -0.25) is 9.69 Å². The van der Waals surface area contributed by atoms with Crippen LogP contribution in [0.4, 0.5) is 0 Å². The molecule has 1 saturated heterocycles. The van der Waals surface area contributed by atoms with Crippen molar-refractivity contribution in [1.29, 1.82) is 0 Å². The van der Waals surface area contributed by atoms with Crippen molar-refractivity contribution in [2.75, 3.05) is 46.4 Å². The molecule has 2 aliphatic heterocycles. The zero-order valence-electron chi connectivity index (χ0n) is 19.7. The lowest BCUT2D eigenvalue weighted by atomic mass is 9.95. The zero-order chi connectivity index (χ0) is 22.7. The van der Waals surface area contributed by atoms with Gasteiger partial charge in [-0.05, 0) is 43.7 Å². The van der Waals surface area contributed by atoms with Crippen molar-refractivity contribution in [2.45, 2.75) is 33.2 Å². The number of carbonyl (C=O) groups is 1. The van der Waals surface area contributed by atoms with Crippen LogP contribution in [0.3, 0.4) is 0 Å². The van der Waals surface area contributed by atoms with Gasteiger partial charge in [-0.25, -0.2) is 5.01 Å². The number of methoxy groups -OCH3 is 1. The van der Waals surface area contributed by atoms with Crippen molar-refractivity contribution in [1.82, 2.24) is 14.8 Å². The van der Waals surface area contributed by atoms with E-state index in [0.29, 0.717) is 13.0 Å². The van der Waals surface area contributed by atoms with Gasteiger partial charge >= 0.3 is 0 Å². The summed E-state index contributed by atoms with van der Waals surface area (Å²) < 4.78 is 5.32. The molecule has 0 N–H and O–H groups in total. The van der Waals surface area contributed by atoms with Crippen LogP contribution in [-0.4, -0.2) is 72.8 Å². The molecule has 1 amide bonds. The Balaban J connectivity index is 1.58. The number of amides is 1. The highest BCUT2D eigenvalue weighted by atomic mass is 16.5. The van der Waals surface area contributed by atoms with E-state index in [1.54, 1.807) is 12.1 Å². The first-order chi connectivity index (χ1) is 15.5. The second-order valence-electron chi connectivity index (χ2n) is 8.81. The highest BCUT2D eigenvalue weighted by Gasteiger charge is 2.34. The molecule has 2 aromatic carbocycles. The maximum Gasteiger partial charge on any atom is 0.257 e. The third kappa shape index (κ3) is 4.87. The van der Waals surface area contributed by atoms with Gasteiger partial charge in [-0.15, -0.1) is 0 Å². The van der Waals surface area contributed by atoms with E-state index in [1.807, 2.05) is 24.3 Å². The van der Waals surface area contributed by atoms with Crippen molar-refractivity contribution >= 4 is 11.6 Å². The molecule has 0 aliphatic carbocycles. The summed E-state index contributed by atoms with van der Waals surface area (Å²) in [4.78, 5) is 18.1. The molecule has 170 valence electrons. The van der Waals surface area contributed by atoms with E-state index in [2.05, 4.69) is 48.8 Å². The summed E-state index contributed by atoms with van der Waals surface area (Å²) in [7, 11) is 1.67. The Bertz CT molecular complexity index is 978. The second kappa shape index (κ2) is 9.84. The normalized spacial score (nSPS) is 19.8. The van der Waals surface area contributed by atoms with Gasteiger partial charge in [0, 0.05) is 38.2 Å². The van der Waals surface area contributed by atoms with Crippen LogP contribution < -0.4 is 4.74 Å². The van der Waals surface area contributed by atoms with E-state index in [-0.39, 0.29) is 11.9 Å². The lowest BCUT2D eigenvalue weighted by Crippen LogP contribution is -2.49. The molecule has 0 saturated carbocycles. The number of benzene rings is 2. The Hall–Kier alpha value is -2.70. The SMILES string of the molecule is CCN1CCN(CC(=O)N2N=C(c3ccc(C)cc3C)CC2c2ccc(OC)cc2)CC1. The van der Waals surface area contributed by atoms with E-state index in [9.17, 15) is 4.79 Å². The van der Waals surface area contributed by atoms with Gasteiger partial charge in [0.2, 0.25) is 0 Å². The Morgan fingerprint density at radius 2 is 1.72 bits per heavy atom. The molecular weight excluding hydrogens is 400 g/mol. The van der Waals surface area contributed by atoms with E-state index >= 15 is 0 Å². The monoisotopic (exact) mass is 434 g/mol. The molecule has 6 nitrogen and oxygen atoms in total. The smallest absolute Gasteiger partial charge is 0.257 e. The molecule has 6 heteroatoms. The second-order valence-corrected chi connectivity index (χ2v) is 8.81. The van der Waals surface area contributed by atoms with Crippen LogP contribution >= 0.6 is 0 Å². The molecule has 0 bridgehead atoms. The van der Waals surface area contributed by atoms with Crippen LogP contribution in [0.1, 0.15) is 41.6 Å². The predicted octanol–water partition coefficient (Wildman–Crippen LogP) is 3.63. The molecule has 2 aromatic rings. The van der Waals surface area contributed by atoms with Gasteiger partial charge in [0.05, 0.1) is 25.4 Å². The predicted molar refractivity (Wildman–Crippen MR) is 128 cm³/mol. The summed E-state index contributed by atoms with van der Waals surface area (Å²) in [6.45, 7) is 11.8. The maximum atomic E-state index is 13.4. The maximum absolute atomic E-state index is 13.4. The Morgan fingerprint density at radius 3 is 2.34 bits per heavy atom. The first kappa shape index (κ1) is 22.5. The lowest BCUT2D eigenvalue weighted by molar-refractivity contribution is -0.134. The fourth-order valence-corrected chi connectivity index (χ4v) is 4.65. The molecule has 2 heterocycles. The van der Waals surface area contributed by atoms with Crippen molar-refractivity contribution in [3.8, 4) is 5.75 Å². The number of piperazine rings is 1. The van der Waals surface area contributed by atoms with Crippen LogP contribution in [-0.2, 0) is 4.79 Å². The fourth-order valence-electron chi connectivity index (χ4n) is 4.65. The van der Waals surface area contributed by atoms with Crippen LogP contribution in [0, 0.1) is 13.8 Å². The summed E-state index contributed by atoms with van der Waals surface area (Å²) in [6, 6.07) is 14.3. The van der Waals surface area contributed by atoms with Crippen molar-refractivity contribution in [2.24, 2.45) is 5.10 Å². The number of hydrazone groups is 1. The number of rotatable bonds is 6. The number of likely N-dealkylation sites (N-methyl/N-ethyl adjacent to an activating group) is 1. The molecule has 1 unspecified atom stereocenters. The number of nitrogens with zero attached hydrogens (tertiary/aromatic N) is 4. The van der Waals surface area contributed by atoms with Crippen LogP contribution in [0.15, 0.2) is 47.6 Å². The largest absolute Gasteiger partial charge is 0.497 e.